The number of pyridine rings is 1. The number of likely N-dealkylation sites (N-methyl/N-ethyl adjacent to an activating group) is 1. The maximum Gasteiger partial charge on any atom is 0.240 e. The lowest BCUT2D eigenvalue weighted by Crippen LogP contribution is -2.43. The highest BCUT2D eigenvalue weighted by atomic mass is 16.2. The Morgan fingerprint density at radius 1 is 1.50 bits per heavy atom. The van der Waals surface area contributed by atoms with Crippen LogP contribution in [-0.4, -0.2) is 35.4 Å². The largest absolute Gasteiger partial charge is 0.337 e. The molecule has 1 aromatic rings. The summed E-state index contributed by atoms with van der Waals surface area (Å²) in [6.45, 7) is 3.71. The average molecular weight is 247 g/mol. The van der Waals surface area contributed by atoms with Gasteiger partial charge in [0, 0.05) is 25.5 Å². The molecule has 0 radical (unpaired) electrons. The van der Waals surface area contributed by atoms with Crippen LogP contribution >= 0.6 is 0 Å². The molecule has 1 N–H and O–H groups in total. The standard InChI is InChI=1S/C14H21N3O/c1-11-5-6-13(15-2)14(18)17(9-11)10-12-4-3-7-16-8-12/h3-4,7-8,11,13,15H,5-6,9-10H2,1-2H3. The third kappa shape index (κ3) is 3.07. The number of rotatable bonds is 3. The van der Waals surface area contributed by atoms with E-state index in [2.05, 4.69) is 17.2 Å². The van der Waals surface area contributed by atoms with Gasteiger partial charge in [0.1, 0.15) is 0 Å². The summed E-state index contributed by atoms with van der Waals surface area (Å²) >= 11 is 0. The van der Waals surface area contributed by atoms with Gasteiger partial charge in [-0.2, -0.15) is 0 Å². The SMILES string of the molecule is CNC1CCC(C)CN(Cc2cccnc2)C1=O. The highest BCUT2D eigenvalue weighted by Gasteiger charge is 2.28. The first-order valence-electron chi connectivity index (χ1n) is 6.55. The van der Waals surface area contributed by atoms with E-state index in [1.54, 1.807) is 6.20 Å². The number of carbonyl (C=O) groups excluding carboxylic acids is 1. The highest BCUT2D eigenvalue weighted by molar-refractivity contribution is 5.82. The van der Waals surface area contributed by atoms with Gasteiger partial charge in [0.15, 0.2) is 0 Å². The van der Waals surface area contributed by atoms with Gasteiger partial charge in [0.05, 0.1) is 6.04 Å². The average Bonchev–Trinajstić information content (AvgIpc) is 2.51. The summed E-state index contributed by atoms with van der Waals surface area (Å²) in [6, 6.07) is 3.90. The molecule has 1 aliphatic heterocycles. The summed E-state index contributed by atoms with van der Waals surface area (Å²) in [5.74, 6) is 0.773. The molecule has 2 unspecified atom stereocenters. The summed E-state index contributed by atoms with van der Waals surface area (Å²) in [5, 5.41) is 3.12. The van der Waals surface area contributed by atoms with Gasteiger partial charge in [-0.15, -0.1) is 0 Å². The van der Waals surface area contributed by atoms with Gasteiger partial charge in [-0.25, -0.2) is 0 Å². The van der Waals surface area contributed by atoms with Gasteiger partial charge in [0.2, 0.25) is 5.91 Å². The molecule has 1 fully saturated rings. The molecule has 4 heteroatoms. The zero-order valence-corrected chi connectivity index (χ0v) is 11.1. The fourth-order valence-electron chi connectivity index (χ4n) is 2.47. The summed E-state index contributed by atoms with van der Waals surface area (Å²) in [7, 11) is 1.86. The van der Waals surface area contributed by atoms with E-state index >= 15 is 0 Å². The van der Waals surface area contributed by atoms with Crippen LogP contribution in [0.1, 0.15) is 25.3 Å². The van der Waals surface area contributed by atoms with E-state index in [1.165, 1.54) is 0 Å². The second-order valence-electron chi connectivity index (χ2n) is 5.10. The van der Waals surface area contributed by atoms with E-state index in [9.17, 15) is 4.79 Å². The lowest BCUT2D eigenvalue weighted by molar-refractivity contribution is -0.133. The van der Waals surface area contributed by atoms with E-state index in [1.807, 2.05) is 30.3 Å². The summed E-state index contributed by atoms with van der Waals surface area (Å²) < 4.78 is 0. The Morgan fingerprint density at radius 2 is 2.33 bits per heavy atom. The van der Waals surface area contributed by atoms with E-state index < -0.39 is 0 Å². The van der Waals surface area contributed by atoms with Crippen LogP contribution in [0.25, 0.3) is 0 Å². The van der Waals surface area contributed by atoms with Gasteiger partial charge >= 0.3 is 0 Å². The topological polar surface area (TPSA) is 45.2 Å². The van der Waals surface area contributed by atoms with E-state index in [4.69, 9.17) is 0 Å². The molecule has 0 aromatic carbocycles. The van der Waals surface area contributed by atoms with Gasteiger partial charge < -0.3 is 10.2 Å². The monoisotopic (exact) mass is 247 g/mol. The smallest absolute Gasteiger partial charge is 0.240 e. The molecule has 1 amide bonds. The van der Waals surface area contributed by atoms with E-state index in [-0.39, 0.29) is 11.9 Å². The molecule has 0 spiro atoms. The number of amides is 1. The Hall–Kier alpha value is -1.42. The Bertz CT molecular complexity index is 393. The highest BCUT2D eigenvalue weighted by Crippen LogP contribution is 2.19. The van der Waals surface area contributed by atoms with Gasteiger partial charge in [-0.3, -0.25) is 9.78 Å². The van der Waals surface area contributed by atoms with Crippen LogP contribution in [0.3, 0.4) is 0 Å². The van der Waals surface area contributed by atoms with Crippen molar-refractivity contribution in [3.05, 3.63) is 30.1 Å². The molecule has 1 saturated heterocycles. The molecule has 1 aromatic heterocycles. The molecule has 0 saturated carbocycles. The number of aromatic nitrogens is 1. The number of hydrogen-bond donors (Lipinski definition) is 1. The first-order valence-corrected chi connectivity index (χ1v) is 6.55. The Balaban J connectivity index is 2.11. The van der Waals surface area contributed by atoms with Crippen molar-refractivity contribution in [1.29, 1.82) is 0 Å². The van der Waals surface area contributed by atoms with Crippen LogP contribution in [0.5, 0.6) is 0 Å². The maximum atomic E-state index is 12.4. The van der Waals surface area contributed by atoms with Crippen molar-refractivity contribution < 1.29 is 4.79 Å². The third-order valence-electron chi connectivity index (χ3n) is 3.53. The second-order valence-corrected chi connectivity index (χ2v) is 5.10. The quantitative estimate of drug-likeness (QED) is 0.879. The van der Waals surface area contributed by atoms with Gasteiger partial charge in [-0.1, -0.05) is 13.0 Å². The van der Waals surface area contributed by atoms with Crippen molar-refractivity contribution in [1.82, 2.24) is 15.2 Å². The van der Waals surface area contributed by atoms with Crippen molar-refractivity contribution in [2.24, 2.45) is 5.92 Å². The second kappa shape index (κ2) is 5.96. The Morgan fingerprint density at radius 3 is 3.00 bits per heavy atom. The minimum atomic E-state index is -0.0355. The van der Waals surface area contributed by atoms with Crippen molar-refractivity contribution >= 4 is 5.91 Å². The van der Waals surface area contributed by atoms with Crippen molar-refractivity contribution in [2.45, 2.75) is 32.4 Å². The van der Waals surface area contributed by atoms with Crippen molar-refractivity contribution in [3.63, 3.8) is 0 Å². The van der Waals surface area contributed by atoms with Crippen LogP contribution in [-0.2, 0) is 11.3 Å². The number of carbonyl (C=O) groups is 1. The first-order chi connectivity index (χ1) is 8.70. The molecule has 2 rings (SSSR count). The zero-order valence-electron chi connectivity index (χ0n) is 11.1. The van der Waals surface area contributed by atoms with E-state index in [0.29, 0.717) is 12.5 Å². The lowest BCUT2D eigenvalue weighted by atomic mass is 10.0. The summed E-state index contributed by atoms with van der Waals surface area (Å²) in [4.78, 5) is 18.4. The molecule has 2 atom stereocenters. The molecule has 2 heterocycles. The lowest BCUT2D eigenvalue weighted by Gasteiger charge is -2.25. The minimum Gasteiger partial charge on any atom is -0.337 e. The predicted molar refractivity (Wildman–Crippen MR) is 70.9 cm³/mol. The minimum absolute atomic E-state index is 0.0355. The van der Waals surface area contributed by atoms with Crippen LogP contribution < -0.4 is 5.32 Å². The molecule has 1 aliphatic rings. The van der Waals surface area contributed by atoms with Gasteiger partial charge in [-0.05, 0) is 37.4 Å². The first kappa shape index (κ1) is 13.0. The van der Waals surface area contributed by atoms with E-state index in [0.717, 1.165) is 24.9 Å². The molecular weight excluding hydrogens is 226 g/mol. The van der Waals surface area contributed by atoms with Crippen molar-refractivity contribution in [3.8, 4) is 0 Å². The fourth-order valence-corrected chi connectivity index (χ4v) is 2.47. The number of hydrogen-bond acceptors (Lipinski definition) is 3. The zero-order chi connectivity index (χ0) is 13.0. The third-order valence-corrected chi connectivity index (χ3v) is 3.53. The molecule has 98 valence electrons. The molecule has 4 nitrogen and oxygen atoms in total. The molecular formula is C14H21N3O. The van der Waals surface area contributed by atoms with Crippen LogP contribution in [0.2, 0.25) is 0 Å². The number of nitrogens with one attached hydrogen (secondary N) is 1. The van der Waals surface area contributed by atoms with Gasteiger partial charge in [0.25, 0.3) is 0 Å². The Kier molecular flexibility index (Phi) is 4.31. The molecule has 0 bridgehead atoms. The maximum absolute atomic E-state index is 12.4. The fraction of sp³-hybridized carbons (Fsp3) is 0.571. The normalized spacial score (nSPS) is 25.0. The van der Waals surface area contributed by atoms with Crippen LogP contribution in [0, 0.1) is 5.92 Å². The Labute approximate surface area is 108 Å². The van der Waals surface area contributed by atoms with Crippen LogP contribution in [0.15, 0.2) is 24.5 Å². The summed E-state index contributed by atoms with van der Waals surface area (Å²) in [5.41, 5.74) is 1.09. The van der Waals surface area contributed by atoms with Crippen LogP contribution in [0.4, 0.5) is 0 Å². The number of likely N-dealkylation sites (tertiary alicyclic amines) is 1. The predicted octanol–water partition coefficient (Wildman–Crippen LogP) is 1.43. The molecule has 18 heavy (non-hydrogen) atoms. The summed E-state index contributed by atoms with van der Waals surface area (Å²) in [6.07, 6.45) is 5.62. The number of nitrogens with zero attached hydrogens (tertiary/aromatic N) is 2. The van der Waals surface area contributed by atoms with Crippen molar-refractivity contribution in [2.75, 3.05) is 13.6 Å². The molecule has 0 aliphatic carbocycles.